The molecule has 152 valence electrons. The largest absolute Gasteiger partial charge is 0.497 e. The average Bonchev–Trinajstić information content (AvgIpc) is 3.29. The van der Waals surface area contributed by atoms with Crippen LogP contribution in [-0.2, 0) is 16.4 Å². The van der Waals surface area contributed by atoms with Crippen LogP contribution in [0, 0.1) is 0 Å². The lowest BCUT2D eigenvalue weighted by Crippen LogP contribution is -2.11. The molecule has 0 saturated carbocycles. The van der Waals surface area contributed by atoms with Gasteiger partial charge >= 0.3 is 0 Å². The van der Waals surface area contributed by atoms with Crippen molar-refractivity contribution in [1.29, 1.82) is 0 Å². The van der Waals surface area contributed by atoms with E-state index in [2.05, 4.69) is 15.5 Å². The number of hydrogen-bond donors (Lipinski definition) is 1. The summed E-state index contributed by atoms with van der Waals surface area (Å²) in [6.07, 6.45) is 0.634. The minimum atomic E-state index is -2.95. The van der Waals surface area contributed by atoms with Gasteiger partial charge in [0.25, 0.3) is 0 Å². The number of sulfone groups is 1. The molecule has 1 fully saturated rings. The van der Waals surface area contributed by atoms with Gasteiger partial charge in [-0.25, -0.2) is 8.42 Å². The van der Waals surface area contributed by atoms with Crippen LogP contribution in [0.15, 0.2) is 59.8 Å². The molecule has 1 unspecified atom stereocenters. The van der Waals surface area contributed by atoms with Gasteiger partial charge in [0, 0.05) is 17.0 Å². The van der Waals surface area contributed by atoms with Crippen molar-refractivity contribution in [3.05, 3.63) is 60.4 Å². The summed E-state index contributed by atoms with van der Waals surface area (Å²) in [6.45, 7) is 0.484. The quantitative estimate of drug-likeness (QED) is 0.616. The van der Waals surface area contributed by atoms with Crippen LogP contribution in [0.25, 0.3) is 5.69 Å². The summed E-state index contributed by atoms with van der Waals surface area (Å²) in [5, 5.41) is 12.8. The van der Waals surface area contributed by atoms with E-state index in [0.717, 1.165) is 22.9 Å². The molecule has 2 aromatic carbocycles. The number of para-hydroxylation sites is 1. The van der Waals surface area contributed by atoms with E-state index in [0.29, 0.717) is 18.1 Å². The van der Waals surface area contributed by atoms with Crippen molar-refractivity contribution < 1.29 is 13.2 Å². The summed E-state index contributed by atoms with van der Waals surface area (Å²) in [5.74, 6) is 1.89. The Hall–Kier alpha value is -2.52. The third-order valence-corrected chi connectivity index (χ3v) is 7.89. The van der Waals surface area contributed by atoms with Crippen molar-refractivity contribution in [3.8, 4) is 11.4 Å². The van der Waals surface area contributed by atoms with Crippen LogP contribution in [0.5, 0.6) is 5.75 Å². The van der Waals surface area contributed by atoms with Crippen molar-refractivity contribution in [2.45, 2.75) is 23.4 Å². The predicted octanol–water partition coefficient (Wildman–Crippen LogP) is 3.17. The zero-order valence-electron chi connectivity index (χ0n) is 16.0. The molecule has 1 aromatic heterocycles. The molecule has 1 N–H and O–H groups in total. The van der Waals surface area contributed by atoms with E-state index in [1.807, 2.05) is 59.2 Å². The normalized spacial score (nSPS) is 17.9. The highest BCUT2D eigenvalue weighted by molar-refractivity contribution is 8.01. The predicted molar refractivity (Wildman–Crippen MR) is 115 cm³/mol. The molecule has 1 aliphatic rings. The first-order valence-electron chi connectivity index (χ1n) is 9.29. The molecule has 7 nitrogen and oxygen atoms in total. The summed E-state index contributed by atoms with van der Waals surface area (Å²) >= 11 is 1.47. The van der Waals surface area contributed by atoms with Crippen molar-refractivity contribution in [2.24, 2.45) is 0 Å². The lowest BCUT2D eigenvalue weighted by molar-refractivity contribution is 0.414. The minimum Gasteiger partial charge on any atom is -0.497 e. The summed E-state index contributed by atoms with van der Waals surface area (Å²) in [7, 11) is -1.33. The molecule has 0 radical (unpaired) electrons. The topological polar surface area (TPSA) is 86.1 Å². The number of benzene rings is 2. The van der Waals surface area contributed by atoms with Crippen LogP contribution in [0.2, 0.25) is 0 Å². The third kappa shape index (κ3) is 4.73. The summed E-state index contributed by atoms with van der Waals surface area (Å²) in [6, 6.07) is 17.6. The Morgan fingerprint density at radius 2 is 2.00 bits per heavy atom. The molecule has 4 rings (SSSR count). The Morgan fingerprint density at radius 1 is 1.17 bits per heavy atom. The van der Waals surface area contributed by atoms with Gasteiger partial charge in [0.1, 0.15) is 5.75 Å². The van der Waals surface area contributed by atoms with Gasteiger partial charge in [-0.2, -0.15) is 0 Å². The molecular formula is C20H22N4O3S2. The SMILES string of the molecule is COc1cccc(-n2c(CNc3ccccc3)nnc2SC2CCS(=O)(=O)C2)c1. The van der Waals surface area contributed by atoms with Gasteiger partial charge in [0.2, 0.25) is 0 Å². The van der Waals surface area contributed by atoms with Crippen LogP contribution < -0.4 is 10.1 Å². The number of aromatic nitrogens is 3. The second kappa shape index (κ2) is 8.46. The van der Waals surface area contributed by atoms with Gasteiger partial charge < -0.3 is 10.1 Å². The van der Waals surface area contributed by atoms with Crippen LogP contribution in [0.3, 0.4) is 0 Å². The van der Waals surface area contributed by atoms with Gasteiger partial charge in [-0.15, -0.1) is 10.2 Å². The zero-order valence-corrected chi connectivity index (χ0v) is 17.6. The van der Waals surface area contributed by atoms with Crippen molar-refractivity contribution in [2.75, 3.05) is 23.9 Å². The Bertz CT molecular complexity index is 1080. The van der Waals surface area contributed by atoms with Crippen LogP contribution in [-0.4, -0.2) is 47.0 Å². The molecular weight excluding hydrogens is 408 g/mol. The third-order valence-electron chi connectivity index (χ3n) is 4.70. The lowest BCUT2D eigenvalue weighted by atomic mass is 10.3. The van der Waals surface area contributed by atoms with E-state index in [9.17, 15) is 8.42 Å². The molecule has 3 aromatic rings. The van der Waals surface area contributed by atoms with Crippen LogP contribution >= 0.6 is 11.8 Å². The molecule has 0 bridgehead atoms. The molecule has 1 aliphatic heterocycles. The van der Waals surface area contributed by atoms with Crippen LogP contribution in [0.4, 0.5) is 5.69 Å². The number of thioether (sulfide) groups is 1. The number of hydrogen-bond acceptors (Lipinski definition) is 7. The fraction of sp³-hybridized carbons (Fsp3) is 0.300. The van der Waals surface area contributed by atoms with Crippen molar-refractivity contribution in [1.82, 2.24) is 14.8 Å². The number of nitrogens with zero attached hydrogens (tertiary/aromatic N) is 3. The van der Waals surface area contributed by atoms with E-state index in [-0.39, 0.29) is 16.8 Å². The number of ether oxygens (including phenoxy) is 1. The highest BCUT2D eigenvalue weighted by Gasteiger charge is 2.30. The van der Waals surface area contributed by atoms with Gasteiger partial charge in [-0.1, -0.05) is 36.0 Å². The molecule has 0 aliphatic carbocycles. The van der Waals surface area contributed by atoms with E-state index in [1.165, 1.54) is 11.8 Å². The van der Waals surface area contributed by atoms with E-state index >= 15 is 0 Å². The van der Waals surface area contributed by atoms with Crippen LogP contribution in [0.1, 0.15) is 12.2 Å². The Morgan fingerprint density at radius 3 is 2.72 bits per heavy atom. The lowest BCUT2D eigenvalue weighted by Gasteiger charge is -2.14. The van der Waals surface area contributed by atoms with E-state index in [1.54, 1.807) is 7.11 Å². The molecule has 9 heteroatoms. The molecule has 0 amide bonds. The molecule has 2 heterocycles. The van der Waals surface area contributed by atoms with E-state index < -0.39 is 9.84 Å². The maximum absolute atomic E-state index is 11.9. The number of methoxy groups -OCH3 is 1. The maximum atomic E-state index is 11.9. The molecule has 0 spiro atoms. The Kier molecular flexibility index (Phi) is 5.77. The minimum absolute atomic E-state index is 0.0107. The van der Waals surface area contributed by atoms with Gasteiger partial charge in [0.05, 0.1) is 30.8 Å². The monoisotopic (exact) mass is 430 g/mol. The van der Waals surface area contributed by atoms with Crippen molar-refractivity contribution >= 4 is 27.3 Å². The van der Waals surface area contributed by atoms with Gasteiger partial charge in [-0.3, -0.25) is 4.57 Å². The zero-order chi connectivity index (χ0) is 20.3. The van der Waals surface area contributed by atoms with Gasteiger partial charge in [0.15, 0.2) is 20.8 Å². The summed E-state index contributed by atoms with van der Waals surface area (Å²) in [5.41, 5.74) is 1.87. The molecule has 1 saturated heterocycles. The number of anilines is 1. The first-order chi connectivity index (χ1) is 14.0. The second-order valence-electron chi connectivity index (χ2n) is 6.80. The fourth-order valence-electron chi connectivity index (χ4n) is 3.24. The first kappa shape index (κ1) is 19.8. The second-order valence-corrected chi connectivity index (χ2v) is 10.3. The summed E-state index contributed by atoms with van der Waals surface area (Å²) in [4.78, 5) is 0. The average molecular weight is 431 g/mol. The van der Waals surface area contributed by atoms with Gasteiger partial charge in [-0.05, 0) is 30.7 Å². The fourth-order valence-corrected chi connectivity index (χ4v) is 6.76. The summed E-state index contributed by atoms with van der Waals surface area (Å²) < 4.78 is 31.0. The maximum Gasteiger partial charge on any atom is 0.196 e. The molecule has 29 heavy (non-hydrogen) atoms. The Balaban J connectivity index is 1.64. The standard InChI is InChI=1S/C20H22N4O3S2/c1-27-17-9-5-8-16(12-17)24-19(13-21-15-6-3-2-4-7-15)22-23-20(24)28-18-10-11-29(25,26)14-18/h2-9,12,18,21H,10-11,13-14H2,1H3. The highest BCUT2D eigenvalue weighted by Crippen LogP contribution is 2.32. The smallest absolute Gasteiger partial charge is 0.196 e. The first-order valence-corrected chi connectivity index (χ1v) is 12.0. The van der Waals surface area contributed by atoms with Crippen molar-refractivity contribution in [3.63, 3.8) is 0 Å². The molecule has 1 atom stereocenters. The van der Waals surface area contributed by atoms with E-state index in [4.69, 9.17) is 4.74 Å². The number of rotatable bonds is 7. The Labute approximate surface area is 174 Å². The number of nitrogens with one attached hydrogen (secondary N) is 1. The highest BCUT2D eigenvalue weighted by atomic mass is 32.2.